The van der Waals surface area contributed by atoms with E-state index in [1.165, 1.54) is 7.11 Å². The van der Waals surface area contributed by atoms with E-state index in [2.05, 4.69) is 0 Å². The van der Waals surface area contributed by atoms with Crippen LogP contribution in [0.3, 0.4) is 0 Å². The summed E-state index contributed by atoms with van der Waals surface area (Å²) in [5, 5.41) is 9.51. The highest BCUT2D eigenvalue weighted by molar-refractivity contribution is 5.89. The molecule has 1 aromatic rings. The van der Waals surface area contributed by atoms with Crippen LogP contribution in [0.15, 0.2) is 30.3 Å². The number of aliphatic hydroxyl groups excluding tert-OH is 1. The van der Waals surface area contributed by atoms with Gasteiger partial charge in [0.25, 0.3) is 0 Å². The molecule has 1 unspecified atom stereocenters. The lowest BCUT2D eigenvalue weighted by Crippen LogP contribution is -2.48. The topological polar surface area (TPSA) is 65.0 Å². The van der Waals surface area contributed by atoms with Crippen LogP contribution in [0.1, 0.15) is 16.8 Å². The van der Waals surface area contributed by atoms with Crippen molar-refractivity contribution >= 4 is 5.97 Å². The molecule has 1 aliphatic heterocycles. The largest absolute Gasteiger partial charge is 0.459 e. The molecule has 0 aliphatic carbocycles. The van der Waals surface area contributed by atoms with Gasteiger partial charge in [0, 0.05) is 13.5 Å². The minimum atomic E-state index is -1.40. The number of halogens is 1. The zero-order chi connectivity index (χ0) is 14.5. The SMILES string of the molecule is CO[C@H]1O[C@H](COC(=O)c2ccccc2)[C@H](F)CC1O. The Bertz CT molecular complexity index is 438. The van der Waals surface area contributed by atoms with Crippen LogP contribution >= 0.6 is 0 Å². The maximum atomic E-state index is 13.7. The van der Waals surface area contributed by atoms with E-state index in [0.29, 0.717) is 5.56 Å². The number of methoxy groups -OCH3 is 1. The molecule has 6 heteroatoms. The van der Waals surface area contributed by atoms with Gasteiger partial charge in [-0.05, 0) is 12.1 Å². The van der Waals surface area contributed by atoms with Gasteiger partial charge in [-0.3, -0.25) is 0 Å². The Balaban J connectivity index is 1.88. The van der Waals surface area contributed by atoms with Crippen LogP contribution in [0.25, 0.3) is 0 Å². The van der Waals surface area contributed by atoms with Crippen molar-refractivity contribution in [1.82, 2.24) is 0 Å². The Morgan fingerprint density at radius 1 is 1.45 bits per heavy atom. The molecule has 0 amide bonds. The first-order valence-corrected chi connectivity index (χ1v) is 6.34. The third kappa shape index (κ3) is 3.53. The van der Waals surface area contributed by atoms with Crippen molar-refractivity contribution in [2.75, 3.05) is 13.7 Å². The average Bonchev–Trinajstić information content (AvgIpc) is 2.47. The smallest absolute Gasteiger partial charge is 0.338 e. The molecule has 0 bridgehead atoms. The van der Waals surface area contributed by atoms with E-state index in [1.54, 1.807) is 30.3 Å². The maximum Gasteiger partial charge on any atom is 0.338 e. The Morgan fingerprint density at radius 2 is 2.15 bits per heavy atom. The van der Waals surface area contributed by atoms with Gasteiger partial charge in [0.2, 0.25) is 0 Å². The summed E-state index contributed by atoms with van der Waals surface area (Å²) in [4.78, 5) is 11.7. The van der Waals surface area contributed by atoms with Gasteiger partial charge >= 0.3 is 5.97 Å². The van der Waals surface area contributed by atoms with E-state index in [4.69, 9.17) is 14.2 Å². The second-order valence-electron chi connectivity index (χ2n) is 4.56. The van der Waals surface area contributed by atoms with E-state index in [-0.39, 0.29) is 13.0 Å². The third-order valence-corrected chi connectivity index (χ3v) is 3.11. The molecule has 1 N–H and O–H groups in total. The van der Waals surface area contributed by atoms with Crippen molar-refractivity contribution in [3.8, 4) is 0 Å². The molecule has 5 nitrogen and oxygen atoms in total. The Hall–Kier alpha value is -1.50. The summed E-state index contributed by atoms with van der Waals surface area (Å²) in [6.07, 6.45) is -4.36. The minimum absolute atomic E-state index is 0.105. The molecule has 4 atom stereocenters. The van der Waals surface area contributed by atoms with E-state index in [1.807, 2.05) is 0 Å². The molecular weight excluding hydrogens is 267 g/mol. The molecule has 1 aliphatic rings. The molecule has 0 aromatic heterocycles. The van der Waals surface area contributed by atoms with Crippen molar-refractivity contribution in [2.45, 2.75) is 31.1 Å². The molecule has 20 heavy (non-hydrogen) atoms. The van der Waals surface area contributed by atoms with E-state index < -0.39 is 30.6 Å². The van der Waals surface area contributed by atoms with Gasteiger partial charge in [0.15, 0.2) is 6.29 Å². The van der Waals surface area contributed by atoms with Gasteiger partial charge in [0.1, 0.15) is 25.0 Å². The number of alkyl halides is 1. The number of benzene rings is 1. The molecule has 0 saturated carbocycles. The third-order valence-electron chi connectivity index (χ3n) is 3.11. The molecule has 110 valence electrons. The lowest BCUT2D eigenvalue weighted by molar-refractivity contribution is -0.252. The van der Waals surface area contributed by atoms with Crippen LogP contribution in [0, 0.1) is 0 Å². The van der Waals surface area contributed by atoms with Crippen LogP contribution in [-0.4, -0.2) is 49.5 Å². The van der Waals surface area contributed by atoms with Crippen LogP contribution < -0.4 is 0 Å². The molecule has 2 rings (SSSR count). The van der Waals surface area contributed by atoms with Gasteiger partial charge in [-0.1, -0.05) is 18.2 Å². The number of rotatable bonds is 4. The summed E-state index contributed by atoms with van der Waals surface area (Å²) in [6.45, 7) is -0.221. The van der Waals surface area contributed by atoms with Crippen molar-refractivity contribution in [3.05, 3.63) is 35.9 Å². The monoisotopic (exact) mass is 284 g/mol. The standard InChI is InChI=1S/C14H17FO5/c1-18-14-11(16)7-10(15)12(20-14)8-19-13(17)9-5-3-2-4-6-9/h2-6,10-12,14,16H,7-8H2,1H3/t10-,11?,12-,14+/m1/s1. The number of esters is 1. The number of carbonyl (C=O) groups is 1. The van der Waals surface area contributed by atoms with Gasteiger partial charge in [-0.2, -0.15) is 0 Å². The minimum Gasteiger partial charge on any atom is -0.459 e. The normalized spacial score (nSPS) is 29.9. The van der Waals surface area contributed by atoms with Gasteiger partial charge in [-0.25, -0.2) is 9.18 Å². The van der Waals surface area contributed by atoms with Gasteiger partial charge in [0.05, 0.1) is 5.56 Å². The summed E-state index contributed by atoms with van der Waals surface area (Å²) in [5.74, 6) is -0.540. The van der Waals surface area contributed by atoms with Crippen molar-refractivity contribution in [1.29, 1.82) is 0 Å². The molecule has 1 heterocycles. The number of ether oxygens (including phenoxy) is 3. The molecule has 0 spiro atoms. The Morgan fingerprint density at radius 3 is 2.80 bits per heavy atom. The predicted octanol–water partition coefficient (Wildman–Crippen LogP) is 1.30. The second kappa shape index (κ2) is 6.78. The maximum absolute atomic E-state index is 13.7. The quantitative estimate of drug-likeness (QED) is 0.844. The van der Waals surface area contributed by atoms with Crippen molar-refractivity contribution in [2.24, 2.45) is 0 Å². The molecule has 1 saturated heterocycles. The van der Waals surface area contributed by atoms with Crippen LogP contribution in [0.5, 0.6) is 0 Å². The van der Waals surface area contributed by atoms with Crippen LogP contribution in [0.4, 0.5) is 4.39 Å². The summed E-state index contributed by atoms with van der Waals surface area (Å²) >= 11 is 0. The zero-order valence-electron chi connectivity index (χ0n) is 11.1. The van der Waals surface area contributed by atoms with Gasteiger partial charge < -0.3 is 19.3 Å². The fourth-order valence-corrected chi connectivity index (χ4v) is 2.01. The van der Waals surface area contributed by atoms with Crippen molar-refractivity contribution < 1.29 is 28.5 Å². The highest BCUT2D eigenvalue weighted by Gasteiger charge is 2.38. The molecule has 1 aromatic carbocycles. The first kappa shape index (κ1) is 14.9. The fourth-order valence-electron chi connectivity index (χ4n) is 2.01. The Kier molecular flexibility index (Phi) is 5.05. The van der Waals surface area contributed by atoms with Gasteiger partial charge in [-0.15, -0.1) is 0 Å². The summed E-state index contributed by atoms with van der Waals surface area (Å²) < 4.78 is 28.9. The van der Waals surface area contributed by atoms with Crippen LogP contribution in [0.2, 0.25) is 0 Å². The highest BCUT2D eigenvalue weighted by Crippen LogP contribution is 2.23. The first-order valence-electron chi connectivity index (χ1n) is 6.34. The van der Waals surface area contributed by atoms with E-state index in [9.17, 15) is 14.3 Å². The first-order chi connectivity index (χ1) is 9.61. The number of hydrogen-bond acceptors (Lipinski definition) is 5. The average molecular weight is 284 g/mol. The lowest BCUT2D eigenvalue weighted by atomic mass is 10.0. The molecule has 1 fully saturated rings. The summed E-state index contributed by atoms with van der Waals surface area (Å²) in [6, 6.07) is 8.42. The molecular formula is C14H17FO5. The van der Waals surface area contributed by atoms with Crippen molar-refractivity contribution in [3.63, 3.8) is 0 Å². The fraction of sp³-hybridized carbons (Fsp3) is 0.500. The zero-order valence-corrected chi connectivity index (χ0v) is 11.1. The predicted molar refractivity (Wildman–Crippen MR) is 67.9 cm³/mol. The van der Waals surface area contributed by atoms with Crippen LogP contribution in [-0.2, 0) is 14.2 Å². The number of aliphatic hydroxyl groups is 1. The molecule has 0 radical (unpaired) electrons. The lowest BCUT2D eigenvalue weighted by Gasteiger charge is -2.34. The Labute approximate surface area is 116 Å². The second-order valence-corrected chi connectivity index (χ2v) is 4.56. The number of hydrogen-bond donors (Lipinski definition) is 1. The highest BCUT2D eigenvalue weighted by atomic mass is 19.1. The summed E-state index contributed by atoms with van der Waals surface area (Å²) in [5.41, 5.74) is 0.391. The summed E-state index contributed by atoms with van der Waals surface area (Å²) in [7, 11) is 1.36. The number of carbonyl (C=O) groups excluding carboxylic acids is 1. The van der Waals surface area contributed by atoms with E-state index in [0.717, 1.165) is 0 Å². The van der Waals surface area contributed by atoms with E-state index >= 15 is 0 Å².